The van der Waals surface area contributed by atoms with Crippen LogP contribution in [0, 0.1) is 6.92 Å². The summed E-state index contributed by atoms with van der Waals surface area (Å²) in [4.78, 5) is 5.93. The summed E-state index contributed by atoms with van der Waals surface area (Å²) in [5, 5.41) is 4.59. The molecule has 2 rings (SSSR count). The highest BCUT2D eigenvalue weighted by Crippen LogP contribution is 2.20. The summed E-state index contributed by atoms with van der Waals surface area (Å²) < 4.78 is 0. The fourth-order valence-corrected chi connectivity index (χ4v) is 2.38. The molecule has 1 aliphatic heterocycles. The smallest absolute Gasteiger partial charge is 0.0900 e. The highest BCUT2D eigenvalue weighted by Gasteiger charge is 2.10. The summed E-state index contributed by atoms with van der Waals surface area (Å²) in [6, 6.07) is 0. The molecule has 1 aliphatic rings. The van der Waals surface area contributed by atoms with Crippen molar-refractivity contribution >= 4 is 11.3 Å². The Kier molecular flexibility index (Phi) is 1.92. The van der Waals surface area contributed by atoms with E-state index in [4.69, 9.17) is 0 Å². The summed E-state index contributed by atoms with van der Waals surface area (Å²) >= 11 is 1.83. The van der Waals surface area contributed by atoms with Gasteiger partial charge in [0.05, 0.1) is 10.7 Å². The van der Waals surface area contributed by atoms with Crippen molar-refractivity contribution < 1.29 is 0 Å². The molecule has 1 N–H and O–H groups in total. The molecule has 0 bridgehead atoms. The van der Waals surface area contributed by atoms with Crippen LogP contribution in [0.15, 0.2) is 0 Å². The van der Waals surface area contributed by atoms with E-state index in [0.29, 0.717) is 0 Å². The zero-order chi connectivity index (χ0) is 7.68. The van der Waals surface area contributed by atoms with Crippen molar-refractivity contribution in [2.45, 2.75) is 26.3 Å². The van der Waals surface area contributed by atoms with Gasteiger partial charge in [-0.25, -0.2) is 4.98 Å². The third-order valence-corrected chi connectivity index (χ3v) is 2.95. The van der Waals surface area contributed by atoms with Crippen LogP contribution < -0.4 is 5.32 Å². The van der Waals surface area contributed by atoms with Gasteiger partial charge >= 0.3 is 0 Å². The topological polar surface area (TPSA) is 24.9 Å². The van der Waals surface area contributed by atoms with Gasteiger partial charge in [-0.3, -0.25) is 0 Å². The van der Waals surface area contributed by atoms with Crippen molar-refractivity contribution in [3.05, 3.63) is 15.6 Å². The van der Waals surface area contributed by atoms with Gasteiger partial charge in [0, 0.05) is 11.4 Å². The van der Waals surface area contributed by atoms with Crippen LogP contribution in [0.3, 0.4) is 0 Å². The van der Waals surface area contributed by atoms with Crippen LogP contribution in [0.2, 0.25) is 0 Å². The first-order chi connectivity index (χ1) is 5.36. The van der Waals surface area contributed by atoms with Gasteiger partial charge in [-0.2, -0.15) is 0 Å². The van der Waals surface area contributed by atoms with E-state index in [1.54, 1.807) is 0 Å². The lowest BCUT2D eigenvalue weighted by atomic mass is 10.2. The van der Waals surface area contributed by atoms with Crippen molar-refractivity contribution in [1.29, 1.82) is 0 Å². The summed E-state index contributed by atoms with van der Waals surface area (Å²) in [5.41, 5.74) is 1.33. The lowest BCUT2D eigenvalue weighted by Crippen LogP contribution is -2.11. The highest BCUT2D eigenvalue weighted by molar-refractivity contribution is 7.11. The number of hydrogen-bond donors (Lipinski definition) is 1. The first-order valence-corrected chi connectivity index (χ1v) is 4.84. The third-order valence-electron chi connectivity index (χ3n) is 1.94. The van der Waals surface area contributed by atoms with E-state index < -0.39 is 0 Å². The molecular weight excluding hydrogens is 156 g/mol. The molecule has 1 aromatic rings. The molecule has 0 aliphatic carbocycles. The van der Waals surface area contributed by atoms with Crippen LogP contribution >= 0.6 is 11.3 Å². The molecule has 2 nitrogen and oxygen atoms in total. The van der Waals surface area contributed by atoms with Crippen molar-refractivity contribution in [3.63, 3.8) is 0 Å². The first kappa shape index (κ1) is 7.25. The zero-order valence-corrected chi connectivity index (χ0v) is 7.50. The maximum atomic E-state index is 4.49. The van der Waals surface area contributed by atoms with Crippen molar-refractivity contribution in [1.82, 2.24) is 10.3 Å². The second-order valence-electron chi connectivity index (χ2n) is 2.88. The average molecular weight is 168 g/mol. The van der Waals surface area contributed by atoms with Gasteiger partial charge in [0.2, 0.25) is 0 Å². The zero-order valence-electron chi connectivity index (χ0n) is 6.68. The monoisotopic (exact) mass is 168 g/mol. The number of nitrogens with one attached hydrogen (secondary N) is 1. The molecule has 60 valence electrons. The predicted octanol–water partition coefficient (Wildman–Crippen LogP) is 1.49. The number of rotatable bonds is 0. The Morgan fingerprint density at radius 3 is 3.36 bits per heavy atom. The molecule has 0 unspecified atom stereocenters. The minimum atomic E-state index is 1.03. The molecule has 3 heteroatoms. The van der Waals surface area contributed by atoms with Crippen LogP contribution in [0.4, 0.5) is 0 Å². The van der Waals surface area contributed by atoms with E-state index in [0.717, 1.165) is 19.5 Å². The maximum absolute atomic E-state index is 4.49. The standard InChI is InChI=1S/C8H12N2S/c1-6-10-7-3-2-4-9-5-8(7)11-6/h9H,2-5H2,1H3. The Bertz CT molecular complexity index is 231. The third kappa shape index (κ3) is 1.44. The lowest BCUT2D eigenvalue weighted by molar-refractivity contribution is 0.682. The molecule has 0 radical (unpaired) electrons. The second kappa shape index (κ2) is 2.91. The fourth-order valence-electron chi connectivity index (χ4n) is 1.43. The Labute approximate surface area is 70.7 Å². The molecule has 1 aromatic heterocycles. The molecule has 0 saturated heterocycles. The van der Waals surface area contributed by atoms with Gasteiger partial charge in [-0.1, -0.05) is 0 Å². The minimum Gasteiger partial charge on any atom is -0.312 e. The van der Waals surface area contributed by atoms with Crippen LogP contribution in [0.5, 0.6) is 0 Å². The number of aromatic nitrogens is 1. The Morgan fingerprint density at radius 2 is 2.45 bits per heavy atom. The molecule has 0 spiro atoms. The van der Waals surface area contributed by atoms with Crippen molar-refractivity contribution in [3.8, 4) is 0 Å². The fraction of sp³-hybridized carbons (Fsp3) is 0.625. The number of thiazole rings is 1. The molecule has 0 fully saturated rings. The van der Waals surface area contributed by atoms with Gasteiger partial charge in [0.25, 0.3) is 0 Å². The summed E-state index contributed by atoms with van der Waals surface area (Å²) in [6.45, 7) is 4.25. The minimum absolute atomic E-state index is 1.03. The normalized spacial score (nSPS) is 17.5. The van der Waals surface area contributed by atoms with Crippen LogP contribution in [0.1, 0.15) is 22.0 Å². The van der Waals surface area contributed by atoms with Crippen LogP contribution in [0.25, 0.3) is 0 Å². The van der Waals surface area contributed by atoms with Crippen molar-refractivity contribution in [2.75, 3.05) is 6.54 Å². The van der Waals surface area contributed by atoms with Gasteiger partial charge in [-0.05, 0) is 26.3 Å². The molecule has 0 atom stereocenters. The number of fused-ring (bicyclic) bond motifs is 1. The number of aryl methyl sites for hydroxylation is 2. The summed E-state index contributed by atoms with van der Waals surface area (Å²) in [7, 11) is 0. The highest BCUT2D eigenvalue weighted by atomic mass is 32.1. The number of nitrogens with zero attached hydrogens (tertiary/aromatic N) is 1. The SMILES string of the molecule is Cc1nc2c(s1)CNCCC2. The average Bonchev–Trinajstić information content (AvgIpc) is 2.17. The van der Waals surface area contributed by atoms with Gasteiger partial charge in [0.1, 0.15) is 0 Å². The van der Waals surface area contributed by atoms with Crippen molar-refractivity contribution in [2.24, 2.45) is 0 Å². The van der Waals surface area contributed by atoms with Crippen LogP contribution in [-0.4, -0.2) is 11.5 Å². The number of hydrogen-bond acceptors (Lipinski definition) is 3. The molecule has 11 heavy (non-hydrogen) atoms. The van der Waals surface area contributed by atoms with E-state index in [2.05, 4.69) is 17.2 Å². The second-order valence-corrected chi connectivity index (χ2v) is 4.17. The lowest BCUT2D eigenvalue weighted by Gasteiger charge is -1.94. The van der Waals surface area contributed by atoms with Gasteiger partial charge in [-0.15, -0.1) is 11.3 Å². The maximum Gasteiger partial charge on any atom is 0.0900 e. The Hall–Kier alpha value is -0.410. The molecule has 0 amide bonds. The van der Waals surface area contributed by atoms with Crippen LogP contribution in [-0.2, 0) is 13.0 Å². The van der Waals surface area contributed by atoms with E-state index in [1.807, 2.05) is 11.3 Å². The largest absolute Gasteiger partial charge is 0.312 e. The van der Waals surface area contributed by atoms with Gasteiger partial charge < -0.3 is 5.32 Å². The van der Waals surface area contributed by atoms with E-state index in [-0.39, 0.29) is 0 Å². The quantitative estimate of drug-likeness (QED) is 0.635. The van der Waals surface area contributed by atoms with E-state index >= 15 is 0 Å². The van der Waals surface area contributed by atoms with Gasteiger partial charge in [0.15, 0.2) is 0 Å². The Morgan fingerprint density at radius 1 is 1.55 bits per heavy atom. The Balaban J connectivity index is 2.32. The van der Waals surface area contributed by atoms with E-state index in [1.165, 1.54) is 22.0 Å². The molecule has 0 aromatic carbocycles. The summed E-state index contributed by atoms with van der Waals surface area (Å²) in [5.74, 6) is 0. The first-order valence-electron chi connectivity index (χ1n) is 4.02. The molecule has 2 heterocycles. The predicted molar refractivity (Wildman–Crippen MR) is 46.9 cm³/mol. The van der Waals surface area contributed by atoms with E-state index in [9.17, 15) is 0 Å². The molecular formula is C8H12N2S. The summed E-state index contributed by atoms with van der Waals surface area (Å²) in [6.07, 6.45) is 2.39. The molecule has 0 saturated carbocycles.